The SMILES string of the molecule is CCNC(=O)C1(Cc2cccc(-c3ccc(C)cc3)c2)CCN(C(=O)c2scnc2C)C1. The molecule has 1 aliphatic rings. The van der Waals surface area contributed by atoms with E-state index in [0.717, 1.165) is 22.4 Å². The molecule has 2 amide bonds. The molecular weight excluding hydrogens is 418 g/mol. The number of thiazole rings is 1. The molecule has 3 aromatic rings. The lowest BCUT2D eigenvalue weighted by Crippen LogP contribution is -2.45. The van der Waals surface area contributed by atoms with Crippen LogP contribution in [0, 0.1) is 19.3 Å². The highest BCUT2D eigenvalue weighted by Crippen LogP contribution is 2.37. The largest absolute Gasteiger partial charge is 0.356 e. The van der Waals surface area contributed by atoms with E-state index in [-0.39, 0.29) is 11.8 Å². The number of amides is 2. The van der Waals surface area contributed by atoms with Crippen molar-refractivity contribution >= 4 is 23.2 Å². The van der Waals surface area contributed by atoms with Crippen LogP contribution in [0.4, 0.5) is 0 Å². The van der Waals surface area contributed by atoms with Crippen molar-refractivity contribution in [3.63, 3.8) is 0 Å². The van der Waals surface area contributed by atoms with E-state index in [9.17, 15) is 9.59 Å². The number of aromatic nitrogens is 1. The first-order valence-electron chi connectivity index (χ1n) is 11.1. The highest BCUT2D eigenvalue weighted by molar-refractivity contribution is 7.11. The Hall–Kier alpha value is -2.99. The minimum atomic E-state index is -0.629. The summed E-state index contributed by atoms with van der Waals surface area (Å²) in [6.45, 7) is 7.44. The van der Waals surface area contributed by atoms with Gasteiger partial charge in [-0.25, -0.2) is 4.98 Å². The second kappa shape index (κ2) is 9.25. The summed E-state index contributed by atoms with van der Waals surface area (Å²) < 4.78 is 0. The van der Waals surface area contributed by atoms with Gasteiger partial charge < -0.3 is 10.2 Å². The summed E-state index contributed by atoms with van der Waals surface area (Å²) in [4.78, 5) is 33.0. The number of nitrogens with zero attached hydrogens (tertiary/aromatic N) is 2. The van der Waals surface area contributed by atoms with Crippen LogP contribution in [0.25, 0.3) is 11.1 Å². The third-order valence-electron chi connectivity index (χ3n) is 6.25. The molecule has 166 valence electrons. The third kappa shape index (κ3) is 4.46. The fourth-order valence-corrected chi connectivity index (χ4v) is 5.22. The molecule has 1 saturated heterocycles. The van der Waals surface area contributed by atoms with Crippen LogP contribution in [0.3, 0.4) is 0 Å². The Morgan fingerprint density at radius 1 is 1.12 bits per heavy atom. The van der Waals surface area contributed by atoms with Crippen molar-refractivity contribution < 1.29 is 9.59 Å². The monoisotopic (exact) mass is 447 g/mol. The number of hydrogen-bond acceptors (Lipinski definition) is 4. The van der Waals surface area contributed by atoms with Gasteiger partial charge in [-0.05, 0) is 50.3 Å². The van der Waals surface area contributed by atoms with Gasteiger partial charge in [-0.15, -0.1) is 11.3 Å². The van der Waals surface area contributed by atoms with E-state index < -0.39 is 5.41 Å². The Bertz CT molecular complexity index is 1120. The summed E-state index contributed by atoms with van der Waals surface area (Å²) in [5.41, 5.74) is 6.46. The molecule has 1 aromatic heterocycles. The average Bonchev–Trinajstić information content (AvgIpc) is 3.41. The molecule has 1 unspecified atom stereocenters. The van der Waals surface area contributed by atoms with Gasteiger partial charge in [0.25, 0.3) is 5.91 Å². The smallest absolute Gasteiger partial charge is 0.265 e. The number of hydrogen-bond donors (Lipinski definition) is 1. The van der Waals surface area contributed by atoms with Gasteiger partial charge in [0.15, 0.2) is 0 Å². The zero-order chi connectivity index (χ0) is 22.7. The topological polar surface area (TPSA) is 62.3 Å². The maximum Gasteiger partial charge on any atom is 0.265 e. The van der Waals surface area contributed by atoms with Crippen LogP contribution < -0.4 is 5.32 Å². The van der Waals surface area contributed by atoms with Gasteiger partial charge >= 0.3 is 0 Å². The van der Waals surface area contributed by atoms with Crippen molar-refractivity contribution in [2.75, 3.05) is 19.6 Å². The molecule has 0 bridgehead atoms. The van der Waals surface area contributed by atoms with Gasteiger partial charge in [-0.2, -0.15) is 0 Å². The number of aryl methyl sites for hydroxylation is 2. The minimum absolute atomic E-state index is 0.0235. The van der Waals surface area contributed by atoms with Crippen LogP contribution in [0.1, 0.15) is 39.8 Å². The van der Waals surface area contributed by atoms with E-state index in [4.69, 9.17) is 0 Å². The Kier molecular flexibility index (Phi) is 6.42. The van der Waals surface area contributed by atoms with Crippen molar-refractivity contribution in [1.29, 1.82) is 0 Å². The summed E-state index contributed by atoms with van der Waals surface area (Å²) >= 11 is 1.36. The van der Waals surface area contributed by atoms with Gasteiger partial charge in [0, 0.05) is 19.6 Å². The zero-order valence-electron chi connectivity index (χ0n) is 18.9. The Morgan fingerprint density at radius 2 is 1.91 bits per heavy atom. The van der Waals surface area contributed by atoms with Gasteiger partial charge in [0.1, 0.15) is 4.88 Å². The molecule has 0 aliphatic carbocycles. The minimum Gasteiger partial charge on any atom is -0.356 e. The first-order chi connectivity index (χ1) is 15.4. The quantitative estimate of drug-likeness (QED) is 0.599. The summed E-state index contributed by atoms with van der Waals surface area (Å²) in [5, 5.41) is 3.02. The van der Waals surface area contributed by atoms with Crippen molar-refractivity contribution in [3.8, 4) is 11.1 Å². The Labute approximate surface area is 193 Å². The maximum absolute atomic E-state index is 13.2. The van der Waals surface area contributed by atoms with Gasteiger partial charge in [-0.1, -0.05) is 54.1 Å². The van der Waals surface area contributed by atoms with Gasteiger partial charge in [0.05, 0.1) is 16.6 Å². The van der Waals surface area contributed by atoms with Crippen LogP contribution in [0.5, 0.6) is 0 Å². The first-order valence-corrected chi connectivity index (χ1v) is 11.9. The molecule has 5 nitrogen and oxygen atoms in total. The lowest BCUT2D eigenvalue weighted by Gasteiger charge is -2.28. The van der Waals surface area contributed by atoms with E-state index >= 15 is 0 Å². The molecule has 1 aliphatic heterocycles. The zero-order valence-corrected chi connectivity index (χ0v) is 19.7. The number of likely N-dealkylation sites (tertiary alicyclic amines) is 1. The van der Waals surface area contributed by atoms with Crippen LogP contribution in [-0.4, -0.2) is 41.3 Å². The molecule has 1 N–H and O–H groups in total. The summed E-state index contributed by atoms with van der Waals surface area (Å²) in [5.74, 6) is 0.00152. The van der Waals surface area contributed by atoms with Crippen LogP contribution in [0.2, 0.25) is 0 Å². The van der Waals surface area contributed by atoms with Crippen LogP contribution >= 0.6 is 11.3 Å². The predicted molar refractivity (Wildman–Crippen MR) is 129 cm³/mol. The normalized spacial score (nSPS) is 18.0. The van der Waals surface area contributed by atoms with E-state index in [1.54, 1.807) is 5.51 Å². The highest BCUT2D eigenvalue weighted by atomic mass is 32.1. The molecule has 2 aromatic carbocycles. The van der Waals surface area contributed by atoms with Crippen molar-refractivity contribution in [2.45, 2.75) is 33.6 Å². The average molecular weight is 448 g/mol. The highest BCUT2D eigenvalue weighted by Gasteiger charge is 2.46. The molecule has 32 heavy (non-hydrogen) atoms. The molecule has 1 atom stereocenters. The third-order valence-corrected chi connectivity index (χ3v) is 7.17. The number of carbonyl (C=O) groups excluding carboxylic acids is 2. The van der Waals surface area contributed by atoms with E-state index in [2.05, 4.69) is 65.8 Å². The molecule has 1 fully saturated rings. The standard InChI is InChI=1S/C26H29N3O2S/c1-4-27-25(31)26(12-13-29(16-26)24(30)23-19(3)28-17-32-23)15-20-6-5-7-22(14-20)21-10-8-18(2)9-11-21/h5-11,14,17H,4,12-13,15-16H2,1-3H3,(H,27,31). The number of nitrogens with one attached hydrogen (secondary N) is 1. The fraction of sp³-hybridized carbons (Fsp3) is 0.346. The molecular formula is C26H29N3O2S. The van der Waals surface area contributed by atoms with E-state index in [0.29, 0.717) is 37.4 Å². The number of rotatable bonds is 6. The Balaban J connectivity index is 1.60. The summed E-state index contributed by atoms with van der Waals surface area (Å²) in [7, 11) is 0. The lowest BCUT2D eigenvalue weighted by molar-refractivity contribution is -0.130. The second-order valence-electron chi connectivity index (χ2n) is 8.63. The first kappa shape index (κ1) is 22.2. The number of benzene rings is 2. The summed E-state index contributed by atoms with van der Waals surface area (Å²) in [6.07, 6.45) is 1.25. The van der Waals surface area contributed by atoms with Crippen molar-refractivity contribution in [1.82, 2.24) is 15.2 Å². The van der Waals surface area contributed by atoms with E-state index in [1.807, 2.05) is 18.7 Å². The molecule has 6 heteroatoms. The van der Waals surface area contributed by atoms with E-state index in [1.165, 1.54) is 16.9 Å². The lowest BCUT2D eigenvalue weighted by atomic mass is 9.79. The maximum atomic E-state index is 13.2. The Morgan fingerprint density at radius 3 is 2.59 bits per heavy atom. The molecule has 0 radical (unpaired) electrons. The molecule has 0 spiro atoms. The molecule has 0 saturated carbocycles. The predicted octanol–water partition coefficient (Wildman–Crippen LogP) is 4.64. The fourth-order valence-electron chi connectivity index (χ4n) is 4.45. The van der Waals surface area contributed by atoms with Crippen molar-refractivity contribution in [2.24, 2.45) is 5.41 Å². The van der Waals surface area contributed by atoms with Crippen molar-refractivity contribution in [3.05, 3.63) is 75.7 Å². The molecule has 2 heterocycles. The summed E-state index contributed by atoms with van der Waals surface area (Å²) in [6, 6.07) is 16.9. The van der Waals surface area contributed by atoms with Crippen LogP contribution in [0.15, 0.2) is 54.0 Å². The molecule has 4 rings (SSSR count). The van der Waals surface area contributed by atoms with Gasteiger partial charge in [-0.3, -0.25) is 9.59 Å². The number of carbonyl (C=O) groups is 2. The second-order valence-corrected chi connectivity index (χ2v) is 9.48. The van der Waals surface area contributed by atoms with Crippen LogP contribution in [-0.2, 0) is 11.2 Å². The van der Waals surface area contributed by atoms with Gasteiger partial charge in [0.2, 0.25) is 5.91 Å².